The topological polar surface area (TPSA) is 47.3 Å². The van der Waals surface area contributed by atoms with Gasteiger partial charge in [-0.1, -0.05) is 12.1 Å². The molecule has 2 rings (SSSR count). The van der Waals surface area contributed by atoms with Gasteiger partial charge in [0.15, 0.2) is 0 Å². The number of amides is 1. The second-order valence-electron chi connectivity index (χ2n) is 4.90. The molecule has 0 radical (unpaired) electrons. The highest BCUT2D eigenvalue weighted by atomic mass is 16.2. The van der Waals surface area contributed by atoms with Gasteiger partial charge >= 0.3 is 0 Å². The zero-order valence-corrected chi connectivity index (χ0v) is 11.5. The van der Waals surface area contributed by atoms with Gasteiger partial charge in [-0.15, -0.1) is 0 Å². The Kier molecular flexibility index (Phi) is 4.06. The van der Waals surface area contributed by atoms with E-state index in [1.165, 1.54) is 0 Å². The van der Waals surface area contributed by atoms with Crippen LogP contribution in [-0.2, 0) is 4.79 Å². The molecule has 0 N–H and O–H groups in total. The molecule has 4 heteroatoms. The Balaban J connectivity index is 2.06. The van der Waals surface area contributed by atoms with E-state index in [0.717, 1.165) is 25.1 Å². The Labute approximate surface area is 114 Å². The van der Waals surface area contributed by atoms with E-state index in [4.69, 9.17) is 5.26 Å². The standard InChI is InChI=1S/C15H19N3O/c1-3-18(13-8-9-13)15(19)11-17(2)14-7-5-4-6-12(14)10-16/h4-7,13H,3,8-9,11H2,1-2H3. The molecule has 1 aromatic carbocycles. The molecule has 4 nitrogen and oxygen atoms in total. The molecule has 1 amide bonds. The van der Waals surface area contributed by atoms with E-state index in [9.17, 15) is 4.79 Å². The van der Waals surface area contributed by atoms with Crippen molar-refractivity contribution in [1.82, 2.24) is 4.90 Å². The summed E-state index contributed by atoms with van der Waals surface area (Å²) in [4.78, 5) is 16.0. The molecule has 0 aromatic heterocycles. The minimum atomic E-state index is 0.139. The van der Waals surface area contributed by atoms with Crippen LogP contribution in [0.5, 0.6) is 0 Å². The molecule has 1 aliphatic carbocycles. The maximum absolute atomic E-state index is 12.2. The molecule has 100 valence electrons. The van der Waals surface area contributed by atoms with E-state index >= 15 is 0 Å². The minimum Gasteiger partial charge on any atom is -0.364 e. The highest BCUT2D eigenvalue weighted by Crippen LogP contribution is 2.27. The number of benzene rings is 1. The predicted molar refractivity (Wildman–Crippen MR) is 74.8 cm³/mol. The SMILES string of the molecule is CCN(C(=O)CN(C)c1ccccc1C#N)C1CC1. The van der Waals surface area contributed by atoms with Crippen molar-refractivity contribution in [2.24, 2.45) is 0 Å². The molecule has 0 aliphatic heterocycles. The fourth-order valence-electron chi connectivity index (χ4n) is 2.30. The van der Waals surface area contributed by atoms with Crippen molar-refractivity contribution >= 4 is 11.6 Å². The van der Waals surface area contributed by atoms with Crippen LogP contribution in [0.15, 0.2) is 24.3 Å². The molecule has 0 saturated heterocycles. The molecule has 0 bridgehead atoms. The normalized spacial score (nSPS) is 13.7. The summed E-state index contributed by atoms with van der Waals surface area (Å²) in [7, 11) is 1.86. The first kappa shape index (κ1) is 13.4. The van der Waals surface area contributed by atoms with Gasteiger partial charge < -0.3 is 9.80 Å². The van der Waals surface area contributed by atoms with Crippen LogP contribution in [0.25, 0.3) is 0 Å². The number of rotatable bonds is 5. The Morgan fingerprint density at radius 2 is 2.11 bits per heavy atom. The third-order valence-electron chi connectivity index (χ3n) is 3.46. The van der Waals surface area contributed by atoms with Gasteiger partial charge in [-0.25, -0.2) is 0 Å². The molecular weight excluding hydrogens is 238 g/mol. The van der Waals surface area contributed by atoms with Crippen LogP contribution in [0.2, 0.25) is 0 Å². The number of nitriles is 1. The van der Waals surface area contributed by atoms with Crippen molar-refractivity contribution < 1.29 is 4.79 Å². The third kappa shape index (κ3) is 3.05. The van der Waals surface area contributed by atoms with Crippen molar-refractivity contribution in [3.63, 3.8) is 0 Å². The molecule has 1 aromatic rings. The number of carbonyl (C=O) groups excluding carboxylic acids is 1. The van der Waals surface area contributed by atoms with Crippen molar-refractivity contribution in [2.75, 3.05) is 25.0 Å². The lowest BCUT2D eigenvalue weighted by molar-refractivity contribution is -0.130. The number of likely N-dealkylation sites (N-methyl/N-ethyl adjacent to an activating group) is 2. The van der Waals surface area contributed by atoms with Gasteiger partial charge in [0, 0.05) is 19.6 Å². The predicted octanol–water partition coefficient (Wildman–Crippen LogP) is 2.01. The molecule has 0 heterocycles. The van der Waals surface area contributed by atoms with Gasteiger partial charge in [-0.05, 0) is 31.9 Å². The second-order valence-corrected chi connectivity index (χ2v) is 4.90. The highest BCUT2D eigenvalue weighted by Gasteiger charge is 2.31. The molecule has 0 spiro atoms. The number of hydrogen-bond donors (Lipinski definition) is 0. The van der Waals surface area contributed by atoms with Crippen LogP contribution in [-0.4, -0.2) is 37.0 Å². The Morgan fingerprint density at radius 1 is 1.42 bits per heavy atom. The van der Waals surface area contributed by atoms with E-state index in [1.807, 2.05) is 42.0 Å². The summed E-state index contributed by atoms with van der Waals surface area (Å²) in [5, 5.41) is 9.08. The average molecular weight is 257 g/mol. The Hall–Kier alpha value is -2.02. The zero-order chi connectivity index (χ0) is 13.8. The Morgan fingerprint density at radius 3 is 2.68 bits per heavy atom. The lowest BCUT2D eigenvalue weighted by Gasteiger charge is -2.25. The lowest BCUT2D eigenvalue weighted by Crippen LogP contribution is -2.40. The summed E-state index contributed by atoms with van der Waals surface area (Å²) in [6, 6.07) is 9.97. The quantitative estimate of drug-likeness (QED) is 0.810. The van der Waals surface area contributed by atoms with Crippen molar-refractivity contribution in [3.05, 3.63) is 29.8 Å². The zero-order valence-electron chi connectivity index (χ0n) is 11.5. The summed E-state index contributed by atoms with van der Waals surface area (Å²) >= 11 is 0. The summed E-state index contributed by atoms with van der Waals surface area (Å²) < 4.78 is 0. The number of anilines is 1. The minimum absolute atomic E-state index is 0.139. The number of nitrogens with zero attached hydrogens (tertiary/aromatic N) is 3. The summed E-state index contributed by atoms with van der Waals surface area (Å²) in [5.74, 6) is 0.139. The van der Waals surface area contributed by atoms with Gasteiger partial charge in [0.2, 0.25) is 5.91 Å². The van der Waals surface area contributed by atoms with Crippen molar-refractivity contribution in [3.8, 4) is 6.07 Å². The van der Waals surface area contributed by atoms with Crippen LogP contribution in [0.3, 0.4) is 0 Å². The second kappa shape index (κ2) is 5.75. The maximum atomic E-state index is 12.2. The molecule has 0 atom stereocenters. The average Bonchev–Trinajstić information content (AvgIpc) is 3.24. The van der Waals surface area contributed by atoms with Crippen molar-refractivity contribution in [2.45, 2.75) is 25.8 Å². The first-order valence-corrected chi connectivity index (χ1v) is 6.67. The molecular formula is C15H19N3O. The number of para-hydroxylation sites is 1. The van der Waals surface area contributed by atoms with E-state index < -0.39 is 0 Å². The summed E-state index contributed by atoms with van der Waals surface area (Å²) in [5.41, 5.74) is 1.41. The fourth-order valence-corrected chi connectivity index (χ4v) is 2.30. The van der Waals surface area contributed by atoms with E-state index in [2.05, 4.69) is 6.07 Å². The van der Waals surface area contributed by atoms with Crippen LogP contribution >= 0.6 is 0 Å². The van der Waals surface area contributed by atoms with Crippen molar-refractivity contribution in [1.29, 1.82) is 5.26 Å². The smallest absolute Gasteiger partial charge is 0.242 e. The molecule has 19 heavy (non-hydrogen) atoms. The third-order valence-corrected chi connectivity index (χ3v) is 3.46. The van der Waals surface area contributed by atoms with E-state index in [-0.39, 0.29) is 5.91 Å². The van der Waals surface area contributed by atoms with E-state index in [1.54, 1.807) is 6.07 Å². The monoisotopic (exact) mass is 257 g/mol. The van der Waals surface area contributed by atoms with Gasteiger partial charge in [-0.3, -0.25) is 4.79 Å². The number of hydrogen-bond acceptors (Lipinski definition) is 3. The Bertz CT molecular complexity index is 502. The maximum Gasteiger partial charge on any atom is 0.242 e. The highest BCUT2D eigenvalue weighted by molar-refractivity contribution is 5.82. The summed E-state index contributed by atoms with van der Waals surface area (Å²) in [6.45, 7) is 3.10. The van der Waals surface area contributed by atoms with Gasteiger partial charge in [-0.2, -0.15) is 5.26 Å². The van der Waals surface area contributed by atoms with Crippen LogP contribution < -0.4 is 4.90 Å². The first-order chi connectivity index (χ1) is 9.17. The first-order valence-electron chi connectivity index (χ1n) is 6.67. The van der Waals surface area contributed by atoms with Crippen LogP contribution in [0, 0.1) is 11.3 Å². The summed E-state index contributed by atoms with van der Waals surface area (Å²) in [6.07, 6.45) is 2.25. The van der Waals surface area contributed by atoms with Crippen LogP contribution in [0.1, 0.15) is 25.3 Å². The number of carbonyl (C=O) groups is 1. The largest absolute Gasteiger partial charge is 0.364 e. The van der Waals surface area contributed by atoms with Crippen LogP contribution in [0.4, 0.5) is 5.69 Å². The van der Waals surface area contributed by atoms with Gasteiger partial charge in [0.05, 0.1) is 17.8 Å². The van der Waals surface area contributed by atoms with Gasteiger partial charge in [0.1, 0.15) is 6.07 Å². The fraction of sp³-hybridized carbons (Fsp3) is 0.467. The van der Waals surface area contributed by atoms with E-state index in [0.29, 0.717) is 18.2 Å². The van der Waals surface area contributed by atoms with Gasteiger partial charge in [0.25, 0.3) is 0 Å². The molecule has 1 aliphatic rings. The molecule has 1 fully saturated rings. The molecule has 0 unspecified atom stereocenters. The molecule has 1 saturated carbocycles. The lowest BCUT2D eigenvalue weighted by atomic mass is 10.2.